The molecule has 0 aliphatic rings. The van der Waals surface area contributed by atoms with Gasteiger partial charge in [0.1, 0.15) is 0 Å². The summed E-state index contributed by atoms with van der Waals surface area (Å²) in [6.07, 6.45) is 0. The Morgan fingerprint density at radius 2 is 0.551 bits per heavy atom. The van der Waals surface area contributed by atoms with Crippen LogP contribution in [0, 0.1) is 0 Å². The molecule has 0 aliphatic heterocycles. The number of hydrogen-bond donors (Lipinski definition) is 2. The first-order valence-electron chi connectivity index (χ1n) is 25.5. The van der Waals surface area contributed by atoms with Crippen LogP contribution in [0.3, 0.4) is 0 Å². The van der Waals surface area contributed by atoms with E-state index in [1.807, 2.05) is 121 Å². The van der Waals surface area contributed by atoms with Crippen LogP contribution in [-0.2, 0) is 0 Å². The summed E-state index contributed by atoms with van der Waals surface area (Å²) >= 11 is 0. The summed E-state index contributed by atoms with van der Waals surface area (Å²) in [6, 6.07) is 79.5. The molecule has 0 atom stereocenters. The normalized spacial score (nSPS) is 11.8. The number of hydrogen-bond acceptors (Lipinski definition) is 6. The summed E-state index contributed by atoms with van der Waals surface area (Å²) in [5, 5.41) is 0. The van der Waals surface area contributed by atoms with Crippen LogP contribution in [0.5, 0.6) is 0 Å². The molecule has 0 aliphatic carbocycles. The first kappa shape index (κ1) is 44.4. The highest BCUT2D eigenvalue weighted by molar-refractivity contribution is 6.01. The second-order valence-corrected chi connectivity index (χ2v) is 19.2. The van der Waals surface area contributed by atoms with Gasteiger partial charge in [-0.1, -0.05) is 121 Å². The standard InChI is InChI=1S/C32H24N6O2.C32H20N6/c33-23-19-24(34)30(38-28-18-10-8-16-26(28)36(32(38)40)22-13-5-2-6-14-22)20-29(23)37-27-17-9-7-15-25(27)35(31(37)39)21-11-3-1-4-12-21;1-3-11-21(12-4-1)35-25-15-7-9-17-27(25)37-29-20-30-24(19-23(29)33-31(35)37)34-32-36(22-13-5-2-6-14-22)26-16-8-10-18-28(26)38(30)32/h1-20H,33-34H2;1-20H. The van der Waals surface area contributed by atoms with E-state index in [4.69, 9.17) is 21.4 Å². The number of anilines is 2. The smallest absolute Gasteiger partial charge is 0.338 e. The zero-order valence-corrected chi connectivity index (χ0v) is 41.5. The Morgan fingerprint density at radius 3 is 0.897 bits per heavy atom. The zero-order valence-electron chi connectivity index (χ0n) is 41.5. The van der Waals surface area contributed by atoms with Crippen LogP contribution in [0.15, 0.2) is 252 Å². The van der Waals surface area contributed by atoms with Crippen LogP contribution in [0.2, 0.25) is 0 Å². The van der Waals surface area contributed by atoms with E-state index in [0.717, 1.165) is 89.5 Å². The van der Waals surface area contributed by atoms with Crippen molar-refractivity contribution in [2.75, 3.05) is 11.5 Å². The van der Waals surface area contributed by atoms with Crippen molar-refractivity contribution in [3.05, 3.63) is 264 Å². The molecule has 0 radical (unpaired) electrons. The fourth-order valence-electron chi connectivity index (χ4n) is 11.4. The Balaban J connectivity index is 0.000000136. The molecule has 6 heterocycles. The van der Waals surface area contributed by atoms with Gasteiger partial charge in [0.05, 0.1) is 100 Å². The van der Waals surface area contributed by atoms with E-state index in [1.54, 1.807) is 30.4 Å². The summed E-state index contributed by atoms with van der Waals surface area (Å²) in [5.74, 6) is 1.79. The Bertz CT molecular complexity index is 4840. The summed E-state index contributed by atoms with van der Waals surface area (Å²) in [4.78, 5) is 38.3. The summed E-state index contributed by atoms with van der Waals surface area (Å²) in [6.45, 7) is 0. The van der Waals surface area contributed by atoms with Gasteiger partial charge in [-0.3, -0.25) is 36.2 Å². The molecule has 0 saturated carbocycles. The minimum atomic E-state index is -0.283. The number of benzene rings is 10. The molecule has 16 rings (SSSR count). The fraction of sp³-hybridized carbons (Fsp3) is 0. The molecule has 0 amide bonds. The third kappa shape index (κ3) is 6.56. The molecule has 14 heteroatoms. The molecule has 6 aromatic heterocycles. The second-order valence-electron chi connectivity index (χ2n) is 19.2. The van der Waals surface area contributed by atoms with E-state index < -0.39 is 0 Å². The molecule has 0 spiro atoms. The van der Waals surface area contributed by atoms with Gasteiger partial charge in [0.25, 0.3) is 0 Å². The SMILES string of the molecule is Nc1cc(N)c(-n2c(=O)n(-c3ccccc3)c3ccccc32)cc1-n1c(=O)n(-c2ccccc2)c2ccccc21.c1ccc(-n2c3ccccc3n3c4cc5c(cc4nc23)nc2n(-c3ccccc3)c3ccccc3n52)cc1. The lowest BCUT2D eigenvalue weighted by molar-refractivity contribution is 0.916. The molecule has 0 unspecified atom stereocenters. The lowest BCUT2D eigenvalue weighted by Crippen LogP contribution is -2.25. The van der Waals surface area contributed by atoms with Gasteiger partial charge in [0, 0.05) is 11.4 Å². The minimum absolute atomic E-state index is 0.283. The van der Waals surface area contributed by atoms with Crippen molar-refractivity contribution in [2.24, 2.45) is 0 Å². The largest absolute Gasteiger partial charge is 0.397 e. The predicted molar refractivity (Wildman–Crippen MR) is 313 cm³/mol. The van der Waals surface area contributed by atoms with Gasteiger partial charge < -0.3 is 11.5 Å². The van der Waals surface area contributed by atoms with E-state index in [-0.39, 0.29) is 11.4 Å². The number of aromatic nitrogens is 10. The lowest BCUT2D eigenvalue weighted by Gasteiger charge is -2.14. The Morgan fingerprint density at radius 1 is 0.269 bits per heavy atom. The molecular weight excluding hydrogens is 969 g/mol. The van der Waals surface area contributed by atoms with E-state index in [2.05, 4.69) is 127 Å². The Labute approximate surface area is 442 Å². The molecule has 0 fully saturated rings. The summed E-state index contributed by atoms with van der Waals surface area (Å²) < 4.78 is 15.5. The summed E-state index contributed by atoms with van der Waals surface area (Å²) in [7, 11) is 0. The van der Waals surface area contributed by atoms with Gasteiger partial charge in [0.2, 0.25) is 11.6 Å². The third-order valence-corrected chi connectivity index (χ3v) is 14.7. The maximum atomic E-state index is 14.0. The van der Waals surface area contributed by atoms with Gasteiger partial charge in [-0.15, -0.1) is 0 Å². The molecule has 4 N–H and O–H groups in total. The first-order chi connectivity index (χ1) is 38.4. The number of nitrogens with zero attached hydrogens (tertiary/aromatic N) is 10. The van der Waals surface area contributed by atoms with Crippen molar-refractivity contribution >= 4 is 89.1 Å². The number of nitrogens with two attached hydrogens (primary N) is 2. The van der Waals surface area contributed by atoms with Gasteiger partial charge in [-0.25, -0.2) is 19.6 Å². The highest BCUT2D eigenvalue weighted by Gasteiger charge is 2.24. The van der Waals surface area contributed by atoms with Crippen LogP contribution < -0.4 is 22.8 Å². The predicted octanol–water partition coefficient (Wildman–Crippen LogP) is 12.2. The van der Waals surface area contributed by atoms with Gasteiger partial charge in [-0.05, 0) is 121 Å². The number of rotatable bonds is 6. The maximum Gasteiger partial charge on any atom is 0.338 e. The molecule has 78 heavy (non-hydrogen) atoms. The quantitative estimate of drug-likeness (QED) is 0.158. The topological polar surface area (TPSA) is 150 Å². The fourth-order valence-corrected chi connectivity index (χ4v) is 11.4. The average Bonchev–Trinajstić information content (AvgIpc) is 4.34. The van der Waals surface area contributed by atoms with Crippen molar-refractivity contribution in [2.45, 2.75) is 0 Å². The van der Waals surface area contributed by atoms with E-state index in [0.29, 0.717) is 33.8 Å². The van der Waals surface area contributed by atoms with Crippen LogP contribution >= 0.6 is 0 Å². The number of imidazole rings is 6. The van der Waals surface area contributed by atoms with Gasteiger partial charge in [0.15, 0.2) is 0 Å². The van der Waals surface area contributed by atoms with E-state index >= 15 is 0 Å². The molecule has 16 aromatic rings. The second kappa shape index (κ2) is 17.2. The minimum Gasteiger partial charge on any atom is -0.397 e. The molecule has 0 saturated heterocycles. The number of fused-ring (bicyclic) bond motifs is 12. The summed E-state index contributed by atoms with van der Waals surface area (Å²) in [5.41, 5.74) is 28.9. The maximum absolute atomic E-state index is 14.0. The van der Waals surface area contributed by atoms with Crippen molar-refractivity contribution in [1.29, 1.82) is 0 Å². The van der Waals surface area contributed by atoms with Crippen molar-refractivity contribution in [3.63, 3.8) is 0 Å². The van der Waals surface area contributed by atoms with E-state index in [9.17, 15) is 9.59 Å². The Hall–Kier alpha value is -11.1. The van der Waals surface area contributed by atoms with Crippen molar-refractivity contribution < 1.29 is 0 Å². The molecule has 14 nitrogen and oxygen atoms in total. The zero-order chi connectivity index (χ0) is 52.2. The highest BCUT2D eigenvalue weighted by atomic mass is 16.2. The lowest BCUT2D eigenvalue weighted by atomic mass is 10.2. The highest BCUT2D eigenvalue weighted by Crippen LogP contribution is 2.36. The van der Waals surface area contributed by atoms with E-state index in [1.165, 1.54) is 0 Å². The Kier molecular flexibility index (Phi) is 9.80. The molecule has 10 aromatic carbocycles. The monoisotopic (exact) mass is 1010 g/mol. The van der Waals surface area contributed by atoms with Crippen molar-refractivity contribution in [1.82, 2.24) is 46.2 Å². The third-order valence-electron chi connectivity index (χ3n) is 14.7. The van der Waals surface area contributed by atoms with Gasteiger partial charge in [-0.2, -0.15) is 0 Å². The van der Waals surface area contributed by atoms with Crippen LogP contribution in [0.25, 0.3) is 112 Å². The first-order valence-corrected chi connectivity index (χ1v) is 25.5. The molecular formula is C64H44N12O2. The average molecular weight is 1010 g/mol. The number of para-hydroxylation sites is 12. The van der Waals surface area contributed by atoms with Crippen LogP contribution in [0.1, 0.15) is 0 Å². The molecule has 372 valence electrons. The molecule has 0 bridgehead atoms. The van der Waals surface area contributed by atoms with Crippen LogP contribution in [-0.4, -0.2) is 46.2 Å². The number of nitrogen functional groups attached to an aromatic ring is 2. The van der Waals surface area contributed by atoms with Crippen molar-refractivity contribution in [3.8, 4) is 34.1 Å². The van der Waals surface area contributed by atoms with Crippen LogP contribution in [0.4, 0.5) is 11.4 Å². The van der Waals surface area contributed by atoms with Gasteiger partial charge >= 0.3 is 11.4 Å².